The molecular formula is C19H21ClN4O2. The van der Waals surface area contributed by atoms with E-state index in [0.717, 1.165) is 37.2 Å². The van der Waals surface area contributed by atoms with E-state index in [9.17, 15) is 9.59 Å². The first-order valence-electron chi connectivity index (χ1n) is 9.04. The first kappa shape index (κ1) is 17.1. The molecule has 0 bridgehead atoms. The van der Waals surface area contributed by atoms with Crippen LogP contribution in [0.25, 0.3) is 11.3 Å². The molecule has 0 unspecified atom stereocenters. The average Bonchev–Trinajstić information content (AvgIpc) is 3.09. The second-order valence-electron chi connectivity index (χ2n) is 6.79. The largest absolute Gasteiger partial charge is 0.341 e. The minimum Gasteiger partial charge on any atom is -0.341 e. The van der Waals surface area contributed by atoms with Gasteiger partial charge in [0.15, 0.2) is 0 Å². The zero-order chi connectivity index (χ0) is 18.1. The summed E-state index contributed by atoms with van der Waals surface area (Å²) in [5.41, 5.74) is 1.65. The minimum absolute atomic E-state index is 0.0111. The Kier molecular flexibility index (Phi) is 4.68. The molecule has 1 saturated heterocycles. The number of hydrogen-bond acceptors (Lipinski definition) is 3. The standard InChI is InChI=1S/C19H21ClN4O2/c20-15-6-4-5-14(11-15)16-12-17-23(18(25)7-10-24(17)21-16)13-19(26)22-8-2-1-3-9-22/h4-6,11-12H,1-3,7-10,13H2. The monoisotopic (exact) mass is 372 g/mol. The van der Waals surface area contributed by atoms with Crippen molar-refractivity contribution in [2.45, 2.75) is 32.2 Å². The Morgan fingerprint density at radius 3 is 2.69 bits per heavy atom. The van der Waals surface area contributed by atoms with Crippen LogP contribution < -0.4 is 4.90 Å². The minimum atomic E-state index is -0.0274. The van der Waals surface area contributed by atoms with Gasteiger partial charge in [-0.25, -0.2) is 4.68 Å². The molecule has 2 aliphatic rings. The molecule has 1 aromatic heterocycles. The number of likely N-dealkylation sites (tertiary alicyclic amines) is 1. The number of piperidine rings is 1. The van der Waals surface area contributed by atoms with Gasteiger partial charge in [-0.2, -0.15) is 5.10 Å². The summed E-state index contributed by atoms with van der Waals surface area (Å²) >= 11 is 6.08. The highest BCUT2D eigenvalue weighted by Crippen LogP contribution is 2.29. The van der Waals surface area contributed by atoms with E-state index in [1.54, 1.807) is 9.58 Å². The van der Waals surface area contributed by atoms with Gasteiger partial charge >= 0.3 is 0 Å². The maximum atomic E-state index is 12.6. The Morgan fingerprint density at radius 1 is 1.12 bits per heavy atom. The number of fused-ring (bicyclic) bond motifs is 1. The van der Waals surface area contributed by atoms with Gasteiger partial charge in [-0.1, -0.05) is 23.7 Å². The van der Waals surface area contributed by atoms with Crippen molar-refractivity contribution < 1.29 is 9.59 Å². The number of anilines is 1. The molecule has 1 aromatic carbocycles. The van der Waals surface area contributed by atoms with E-state index in [1.165, 1.54) is 6.42 Å². The number of amides is 2. The molecule has 0 N–H and O–H groups in total. The predicted octanol–water partition coefficient (Wildman–Crippen LogP) is 2.95. The molecule has 26 heavy (non-hydrogen) atoms. The number of rotatable bonds is 3. The molecule has 2 amide bonds. The lowest BCUT2D eigenvalue weighted by Crippen LogP contribution is -2.47. The Balaban J connectivity index is 1.59. The Labute approximate surface area is 157 Å². The second-order valence-corrected chi connectivity index (χ2v) is 7.23. The summed E-state index contributed by atoms with van der Waals surface area (Å²) in [6, 6.07) is 9.34. The summed E-state index contributed by atoms with van der Waals surface area (Å²) in [6.45, 7) is 2.18. The molecule has 4 rings (SSSR count). The lowest BCUT2D eigenvalue weighted by Gasteiger charge is -2.31. The van der Waals surface area contributed by atoms with Crippen LogP contribution in [0.1, 0.15) is 25.7 Å². The fraction of sp³-hybridized carbons (Fsp3) is 0.421. The van der Waals surface area contributed by atoms with E-state index in [1.807, 2.05) is 35.2 Å². The van der Waals surface area contributed by atoms with E-state index in [0.29, 0.717) is 23.8 Å². The lowest BCUT2D eigenvalue weighted by atomic mass is 10.1. The molecule has 2 aromatic rings. The fourth-order valence-corrected chi connectivity index (χ4v) is 3.78. The van der Waals surface area contributed by atoms with Gasteiger partial charge in [0.2, 0.25) is 11.8 Å². The Morgan fingerprint density at radius 2 is 1.92 bits per heavy atom. The predicted molar refractivity (Wildman–Crippen MR) is 100 cm³/mol. The summed E-state index contributed by atoms with van der Waals surface area (Å²) in [4.78, 5) is 28.5. The van der Waals surface area contributed by atoms with Gasteiger partial charge in [0.05, 0.1) is 12.2 Å². The van der Waals surface area contributed by atoms with Gasteiger partial charge in [0.1, 0.15) is 12.4 Å². The highest BCUT2D eigenvalue weighted by atomic mass is 35.5. The molecule has 6 nitrogen and oxygen atoms in total. The van der Waals surface area contributed by atoms with Crippen molar-refractivity contribution in [2.24, 2.45) is 0 Å². The van der Waals surface area contributed by atoms with E-state index in [4.69, 9.17) is 11.6 Å². The summed E-state index contributed by atoms with van der Waals surface area (Å²) in [7, 11) is 0. The van der Waals surface area contributed by atoms with Gasteiger partial charge in [0, 0.05) is 36.2 Å². The molecule has 0 spiro atoms. The van der Waals surface area contributed by atoms with Crippen molar-refractivity contribution in [1.82, 2.24) is 14.7 Å². The normalized spacial score (nSPS) is 17.3. The summed E-state index contributed by atoms with van der Waals surface area (Å²) in [6.07, 6.45) is 3.60. The van der Waals surface area contributed by atoms with Crippen molar-refractivity contribution in [3.8, 4) is 11.3 Å². The van der Waals surface area contributed by atoms with Crippen molar-refractivity contribution >= 4 is 29.2 Å². The van der Waals surface area contributed by atoms with Crippen LogP contribution in [0.3, 0.4) is 0 Å². The molecule has 0 radical (unpaired) electrons. The number of halogens is 1. The van der Waals surface area contributed by atoms with Crippen LogP contribution in [-0.2, 0) is 16.1 Å². The van der Waals surface area contributed by atoms with Crippen LogP contribution in [0.5, 0.6) is 0 Å². The third-order valence-electron chi connectivity index (χ3n) is 5.00. The molecular weight excluding hydrogens is 352 g/mol. The Bertz CT molecular complexity index is 842. The molecule has 0 aliphatic carbocycles. The molecule has 136 valence electrons. The summed E-state index contributed by atoms with van der Waals surface area (Å²) in [5, 5.41) is 5.25. The van der Waals surface area contributed by atoms with E-state index >= 15 is 0 Å². The van der Waals surface area contributed by atoms with Crippen LogP contribution in [-0.4, -0.2) is 46.1 Å². The van der Waals surface area contributed by atoms with E-state index < -0.39 is 0 Å². The Hall–Kier alpha value is -2.34. The van der Waals surface area contributed by atoms with Crippen molar-refractivity contribution in [3.63, 3.8) is 0 Å². The molecule has 2 aliphatic heterocycles. The number of carbonyl (C=O) groups is 2. The molecule has 1 fully saturated rings. The van der Waals surface area contributed by atoms with E-state index in [2.05, 4.69) is 5.10 Å². The topological polar surface area (TPSA) is 58.4 Å². The van der Waals surface area contributed by atoms with Crippen molar-refractivity contribution in [1.29, 1.82) is 0 Å². The van der Waals surface area contributed by atoms with Crippen LogP contribution in [0.2, 0.25) is 5.02 Å². The number of benzene rings is 1. The number of aryl methyl sites for hydroxylation is 1. The second kappa shape index (κ2) is 7.11. The highest BCUT2D eigenvalue weighted by molar-refractivity contribution is 6.30. The lowest BCUT2D eigenvalue weighted by molar-refractivity contribution is -0.132. The van der Waals surface area contributed by atoms with Gasteiger partial charge in [-0.3, -0.25) is 14.5 Å². The number of hydrogen-bond donors (Lipinski definition) is 0. The van der Waals surface area contributed by atoms with E-state index in [-0.39, 0.29) is 18.4 Å². The van der Waals surface area contributed by atoms with Gasteiger partial charge in [-0.15, -0.1) is 0 Å². The fourth-order valence-electron chi connectivity index (χ4n) is 3.59. The van der Waals surface area contributed by atoms with Crippen LogP contribution in [0.4, 0.5) is 5.82 Å². The van der Waals surface area contributed by atoms with Crippen LogP contribution >= 0.6 is 11.6 Å². The summed E-state index contributed by atoms with van der Waals surface area (Å²) < 4.78 is 1.81. The van der Waals surface area contributed by atoms with Gasteiger partial charge in [-0.05, 0) is 31.4 Å². The third kappa shape index (κ3) is 3.33. The maximum Gasteiger partial charge on any atom is 0.242 e. The first-order chi connectivity index (χ1) is 12.6. The molecule has 7 heteroatoms. The first-order valence-corrected chi connectivity index (χ1v) is 9.41. The molecule has 0 saturated carbocycles. The smallest absolute Gasteiger partial charge is 0.242 e. The molecule has 3 heterocycles. The van der Waals surface area contributed by atoms with Crippen molar-refractivity contribution in [2.75, 3.05) is 24.5 Å². The van der Waals surface area contributed by atoms with Gasteiger partial charge < -0.3 is 4.90 Å². The van der Waals surface area contributed by atoms with Gasteiger partial charge in [0.25, 0.3) is 0 Å². The average molecular weight is 373 g/mol. The SMILES string of the molecule is O=C(CN1C(=O)CCn2nc(-c3cccc(Cl)c3)cc21)N1CCCCC1. The highest BCUT2D eigenvalue weighted by Gasteiger charge is 2.30. The zero-order valence-corrected chi connectivity index (χ0v) is 15.3. The number of nitrogens with zero attached hydrogens (tertiary/aromatic N) is 4. The quantitative estimate of drug-likeness (QED) is 0.832. The van der Waals surface area contributed by atoms with Crippen LogP contribution in [0.15, 0.2) is 30.3 Å². The zero-order valence-electron chi connectivity index (χ0n) is 14.5. The third-order valence-corrected chi connectivity index (χ3v) is 5.23. The number of aromatic nitrogens is 2. The van der Waals surface area contributed by atoms with Crippen LogP contribution in [0, 0.1) is 0 Å². The van der Waals surface area contributed by atoms with Crippen molar-refractivity contribution in [3.05, 3.63) is 35.4 Å². The molecule has 0 atom stereocenters. The summed E-state index contributed by atoms with van der Waals surface area (Å²) in [5.74, 6) is 0.666. The maximum absolute atomic E-state index is 12.6. The number of carbonyl (C=O) groups excluding carboxylic acids is 2.